The van der Waals surface area contributed by atoms with E-state index in [9.17, 15) is 4.79 Å². The topological polar surface area (TPSA) is 60.9 Å². The van der Waals surface area contributed by atoms with Crippen LogP contribution >= 0.6 is 11.6 Å². The van der Waals surface area contributed by atoms with Gasteiger partial charge in [0, 0.05) is 22.2 Å². The number of rotatable bonds is 3. The van der Waals surface area contributed by atoms with Gasteiger partial charge in [0.2, 0.25) is 0 Å². The Morgan fingerprint density at radius 1 is 1.21 bits per heavy atom. The summed E-state index contributed by atoms with van der Waals surface area (Å²) >= 11 is 5.85. The van der Waals surface area contributed by atoms with E-state index in [1.54, 1.807) is 18.2 Å². The second-order valence-corrected chi connectivity index (χ2v) is 5.65. The van der Waals surface area contributed by atoms with Gasteiger partial charge in [0.05, 0.1) is 12.2 Å². The minimum atomic E-state index is -0.491. The summed E-state index contributed by atoms with van der Waals surface area (Å²) in [6, 6.07) is 10.5. The van der Waals surface area contributed by atoms with Crippen molar-refractivity contribution in [3.05, 3.63) is 51.8 Å². The Morgan fingerprint density at radius 3 is 2.42 bits per heavy atom. The van der Waals surface area contributed by atoms with Crippen molar-refractivity contribution in [3.8, 4) is 11.3 Å². The molecule has 5 heteroatoms. The summed E-state index contributed by atoms with van der Waals surface area (Å²) in [4.78, 5) is 11.8. The number of halogens is 1. The van der Waals surface area contributed by atoms with Crippen LogP contribution in [-0.2, 0) is 6.54 Å². The molecule has 19 heavy (non-hydrogen) atoms. The summed E-state index contributed by atoms with van der Waals surface area (Å²) in [6.07, 6.45) is 0. The molecule has 2 aromatic rings. The number of hydrogen-bond donors (Lipinski definition) is 1. The van der Waals surface area contributed by atoms with Crippen LogP contribution in [0.5, 0.6) is 0 Å². The van der Waals surface area contributed by atoms with E-state index >= 15 is 0 Å². The van der Waals surface area contributed by atoms with Gasteiger partial charge in [-0.15, -0.1) is 0 Å². The van der Waals surface area contributed by atoms with Gasteiger partial charge < -0.3 is 5.73 Å². The van der Waals surface area contributed by atoms with Crippen LogP contribution < -0.4 is 11.3 Å². The summed E-state index contributed by atoms with van der Waals surface area (Å²) < 4.78 is 1.39. The maximum Gasteiger partial charge on any atom is 0.266 e. The Kier molecular flexibility index (Phi) is 3.73. The molecule has 1 aromatic heterocycles. The molecule has 4 nitrogen and oxygen atoms in total. The minimum Gasteiger partial charge on any atom is -0.324 e. The van der Waals surface area contributed by atoms with Gasteiger partial charge in [-0.1, -0.05) is 23.7 Å². The van der Waals surface area contributed by atoms with Crippen molar-refractivity contribution in [1.82, 2.24) is 9.78 Å². The molecule has 2 N–H and O–H groups in total. The normalized spacial score (nSPS) is 11.6. The van der Waals surface area contributed by atoms with Gasteiger partial charge in [0.15, 0.2) is 0 Å². The fourth-order valence-corrected chi connectivity index (χ4v) is 1.85. The van der Waals surface area contributed by atoms with Crippen molar-refractivity contribution in [1.29, 1.82) is 0 Å². The largest absolute Gasteiger partial charge is 0.324 e. The maximum atomic E-state index is 11.8. The fraction of sp³-hybridized carbons (Fsp3) is 0.286. The quantitative estimate of drug-likeness (QED) is 0.936. The molecule has 0 saturated heterocycles. The average Bonchev–Trinajstić information content (AvgIpc) is 2.31. The van der Waals surface area contributed by atoms with E-state index in [0.29, 0.717) is 11.6 Å². The van der Waals surface area contributed by atoms with Crippen LogP contribution in [0.4, 0.5) is 0 Å². The highest BCUT2D eigenvalue weighted by molar-refractivity contribution is 6.30. The first-order valence-corrected chi connectivity index (χ1v) is 6.36. The molecule has 0 amide bonds. The Bertz CT molecular complexity index is 626. The molecule has 0 atom stereocenters. The van der Waals surface area contributed by atoms with Crippen LogP contribution in [0.25, 0.3) is 11.3 Å². The molecule has 0 bridgehead atoms. The van der Waals surface area contributed by atoms with Crippen molar-refractivity contribution in [3.63, 3.8) is 0 Å². The molecule has 2 rings (SSSR count). The minimum absolute atomic E-state index is 0.156. The summed E-state index contributed by atoms with van der Waals surface area (Å²) in [6.45, 7) is 4.08. The molecule has 0 aliphatic heterocycles. The molecule has 0 radical (unpaired) electrons. The first kappa shape index (κ1) is 13.8. The molecule has 1 aromatic carbocycles. The monoisotopic (exact) mass is 277 g/mol. The first-order valence-electron chi connectivity index (χ1n) is 5.98. The van der Waals surface area contributed by atoms with Crippen LogP contribution in [0.2, 0.25) is 5.02 Å². The molecule has 0 aliphatic carbocycles. The summed E-state index contributed by atoms with van der Waals surface area (Å²) in [7, 11) is 0. The number of nitrogens with zero attached hydrogens (tertiary/aromatic N) is 2. The lowest BCUT2D eigenvalue weighted by molar-refractivity contribution is 0.397. The lowest BCUT2D eigenvalue weighted by atomic mass is 10.1. The highest BCUT2D eigenvalue weighted by atomic mass is 35.5. The maximum absolute atomic E-state index is 11.8. The zero-order valence-electron chi connectivity index (χ0n) is 10.9. The van der Waals surface area contributed by atoms with E-state index in [4.69, 9.17) is 17.3 Å². The van der Waals surface area contributed by atoms with E-state index in [2.05, 4.69) is 5.10 Å². The van der Waals surface area contributed by atoms with Crippen LogP contribution in [0.3, 0.4) is 0 Å². The second-order valence-electron chi connectivity index (χ2n) is 5.21. The third-order valence-corrected chi connectivity index (χ3v) is 2.82. The van der Waals surface area contributed by atoms with Crippen LogP contribution in [0.15, 0.2) is 41.2 Å². The van der Waals surface area contributed by atoms with Crippen LogP contribution in [0.1, 0.15) is 13.8 Å². The molecule has 0 unspecified atom stereocenters. The lowest BCUT2D eigenvalue weighted by Gasteiger charge is -2.19. The van der Waals surface area contributed by atoms with Gasteiger partial charge >= 0.3 is 0 Å². The zero-order chi connectivity index (χ0) is 14.0. The highest BCUT2D eigenvalue weighted by Gasteiger charge is 2.14. The summed E-state index contributed by atoms with van der Waals surface area (Å²) in [5.41, 5.74) is 6.91. The zero-order valence-corrected chi connectivity index (χ0v) is 11.7. The third-order valence-electron chi connectivity index (χ3n) is 2.56. The van der Waals surface area contributed by atoms with Gasteiger partial charge in [0.1, 0.15) is 0 Å². The van der Waals surface area contributed by atoms with Crippen LogP contribution in [0, 0.1) is 0 Å². The van der Waals surface area contributed by atoms with Crippen molar-refractivity contribution in [2.24, 2.45) is 5.73 Å². The molecule has 0 fully saturated rings. The van der Waals surface area contributed by atoms with Crippen molar-refractivity contribution in [2.75, 3.05) is 0 Å². The standard InChI is InChI=1S/C14H16ClN3O/c1-14(2,16)9-18-13(19)8-7-12(17-18)10-3-5-11(15)6-4-10/h3-8H,9,16H2,1-2H3. The molecular formula is C14H16ClN3O. The molecule has 1 heterocycles. The first-order chi connectivity index (χ1) is 8.85. The van der Waals surface area contributed by atoms with Gasteiger partial charge in [-0.2, -0.15) is 5.10 Å². The Morgan fingerprint density at radius 2 is 1.84 bits per heavy atom. The van der Waals surface area contributed by atoms with Gasteiger partial charge in [-0.25, -0.2) is 4.68 Å². The fourth-order valence-electron chi connectivity index (χ4n) is 1.72. The molecule has 0 spiro atoms. The van der Waals surface area contributed by atoms with Gasteiger partial charge in [-0.05, 0) is 32.0 Å². The molecule has 0 saturated carbocycles. The SMILES string of the molecule is CC(C)(N)Cn1nc(-c2ccc(Cl)cc2)ccc1=O. The number of nitrogens with two attached hydrogens (primary N) is 1. The average molecular weight is 278 g/mol. The van der Waals surface area contributed by atoms with Gasteiger partial charge in [-0.3, -0.25) is 4.79 Å². The van der Waals surface area contributed by atoms with E-state index in [0.717, 1.165) is 11.3 Å². The predicted molar refractivity (Wildman–Crippen MR) is 77.2 cm³/mol. The van der Waals surface area contributed by atoms with E-state index in [1.165, 1.54) is 10.7 Å². The van der Waals surface area contributed by atoms with Crippen molar-refractivity contribution in [2.45, 2.75) is 25.9 Å². The van der Waals surface area contributed by atoms with Crippen molar-refractivity contribution >= 4 is 11.6 Å². The lowest BCUT2D eigenvalue weighted by Crippen LogP contribution is -2.41. The molecule has 0 aliphatic rings. The van der Waals surface area contributed by atoms with Crippen molar-refractivity contribution < 1.29 is 0 Å². The van der Waals surface area contributed by atoms with E-state index in [-0.39, 0.29) is 5.56 Å². The number of aromatic nitrogens is 2. The smallest absolute Gasteiger partial charge is 0.266 e. The number of hydrogen-bond acceptors (Lipinski definition) is 3. The van der Waals surface area contributed by atoms with E-state index < -0.39 is 5.54 Å². The second kappa shape index (κ2) is 5.15. The molecule has 100 valence electrons. The Labute approximate surface area is 116 Å². The van der Waals surface area contributed by atoms with Crippen LogP contribution in [-0.4, -0.2) is 15.3 Å². The number of benzene rings is 1. The molecular weight excluding hydrogens is 262 g/mol. The summed E-state index contributed by atoms with van der Waals surface area (Å²) in [5.74, 6) is 0. The predicted octanol–water partition coefficient (Wildman–Crippen LogP) is 2.30. The Balaban J connectivity index is 2.41. The Hall–Kier alpha value is -1.65. The highest BCUT2D eigenvalue weighted by Crippen LogP contribution is 2.18. The third kappa shape index (κ3) is 3.66. The van der Waals surface area contributed by atoms with E-state index in [1.807, 2.05) is 26.0 Å². The van der Waals surface area contributed by atoms with Gasteiger partial charge in [0.25, 0.3) is 5.56 Å². The summed E-state index contributed by atoms with van der Waals surface area (Å²) in [5, 5.41) is 5.01.